The lowest BCUT2D eigenvalue weighted by Crippen LogP contribution is -2.30. The quantitative estimate of drug-likeness (QED) is 0.0346. The fraction of sp³-hybridized carbons (Fsp3) is 0.719. The van der Waals surface area contributed by atoms with Crippen LogP contribution in [0.15, 0.2) is 85.1 Å². The molecule has 0 radical (unpaired) electrons. The molecule has 0 aromatic rings. The van der Waals surface area contributed by atoms with E-state index >= 15 is 0 Å². The highest BCUT2D eigenvalue weighted by molar-refractivity contribution is 5.70. The molecule has 0 heterocycles. The molecule has 0 saturated heterocycles. The summed E-state index contributed by atoms with van der Waals surface area (Å²) in [7, 11) is 0. The van der Waals surface area contributed by atoms with Crippen LogP contribution in [0.5, 0.6) is 0 Å². The molecule has 0 bridgehead atoms. The zero-order valence-corrected chi connectivity index (χ0v) is 40.9. The number of carbonyl (C=O) groups is 2. The van der Waals surface area contributed by atoms with Gasteiger partial charge in [-0.05, 0) is 116 Å². The van der Waals surface area contributed by atoms with E-state index in [1.165, 1.54) is 103 Å². The first-order valence-corrected chi connectivity index (χ1v) is 26.1. The molecule has 0 saturated carbocycles. The third-order valence-corrected chi connectivity index (χ3v) is 10.9. The fourth-order valence-corrected chi connectivity index (χ4v) is 7.00. The van der Waals surface area contributed by atoms with E-state index in [1.54, 1.807) is 0 Å². The molecule has 0 rings (SSSR count). The Kier molecular flexibility index (Phi) is 50.0. The molecule has 1 atom stereocenters. The van der Waals surface area contributed by atoms with Crippen LogP contribution in [-0.2, 0) is 23.8 Å². The van der Waals surface area contributed by atoms with Crippen LogP contribution in [0.2, 0.25) is 0 Å². The minimum absolute atomic E-state index is 0.0626. The van der Waals surface area contributed by atoms with E-state index in [-0.39, 0.29) is 25.2 Å². The van der Waals surface area contributed by atoms with Gasteiger partial charge in [0.2, 0.25) is 0 Å². The highest BCUT2D eigenvalue weighted by Gasteiger charge is 2.17. The summed E-state index contributed by atoms with van der Waals surface area (Å²) in [6.07, 6.45) is 68.7. The van der Waals surface area contributed by atoms with E-state index < -0.39 is 6.10 Å². The van der Waals surface area contributed by atoms with Gasteiger partial charge in [-0.3, -0.25) is 9.59 Å². The van der Waals surface area contributed by atoms with E-state index in [9.17, 15) is 9.59 Å². The number of carbonyl (C=O) groups excluding carboxylic acids is 2. The summed E-state index contributed by atoms with van der Waals surface area (Å²) in [4.78, 5) is 25.4. The topological polar surface area (TPSA) is 61.8 Å². The van der Waals surface area contributed by atoms with E-state index in [0.717, 1.165) is 103 Å². The lowest BCUT2D eigenvalue weighted by molar-refractivity contribution is -0.163. The fourth-order valence-electron chi connectivity index (χ4n) is 7.00. The summed E-state index contributed by atoms with van der Waals surface area (Å²) >= 11 is 0. The van der Waals surface area contributed by atoms with Crippen LogP contribution < -0.4 is 0 Å². The lowest BCUT2D eigenvalue weighted by atomic mass is 10.1. The van der Waals surface area contributed by atoms with Crippen LogP contribution in [0.3, 0.4) is 0 Å². The molecule has 0 amide bonds. The van der Waals surface area contributed by atoms with Crippen LogP contribution in [0, 0.1) is 0 Å². The number of hydrogen-bond acceptors (Lipinski definition) is 5. The van der Waals surface area contributed by atoms with Crippen molar-refractivity contribution in [3.05, 3.63) is 85.1 Å². The molecule has 0 aliphatic rings. The first kappa shape index (κ1) is 59.1. The third-order valence-electron chi connectivity index (χ3n) is 10.9. The molecule has 0 aliphatic heterocycles. The minimum Gasteiger partial charge on any atom is -0.462 e. The Labute approximate surface area is 384 Å². The van der Waals surface area contributed by atoms with Crippen molar-refractivity contribution in [3.63, 3.8) is 0 Å². The van der Waals surface area contributed by atoms with Crippen LogP contribution in [0.1, 0.15) is 239 Å². The van der Waals surface area contributed by atoms with Crippen molar-refractivity contribution in [1.82, 2.24) is 0 Å². The molecule has 0 N–H and O–H groups in total. The molecule has 0 aromatic carbocycles. The van der Waals surface area contributed by atoms with Gasteiger partial charge in [-0.2, -0.15) is 0 Å². The molecule has 5 heteroatoms. The number of unbranched alkanes of at least 4 members (excludes halogenated alkanes) is 22. The number of ether oxygens (including phenoxy) is 3. The monoisotopic (exact) mass is 863 g/mol. The van der Waals surface area contributed by atoms with Gasteiger partial charge in [0.15, 0.2) is 6.10 Å². The van der Waals surface area contributed by atoms with E-state index in [2.05, 4.69) is 106 Å². The zero-order valence-electron chi connectivity index (χ0n) is 40.9. The Morgan fingerprint density at radius 1 is 0.371 bits per heavy atom. The van der Waals surface area contributed by atoms with Gasteiger partial charge < -0.3 is 14.2 Å². The van der Waals surface area contributed by atoms with Crippen molar-refractivity contribution in [2.24, 2.45) is 0 Å². The Morgan fingerprint density at radius 3 is 1.21 bits per heavy atom. The minimum atomic E-state index is -0.561. The van der Waals surface area contributed by atoms with Gasteiger partial charge in [0.1, 0.15) is 6.61 Å². The molecule has 0 spiro atoms. The number of allylic oxidation sites excluding steroid dienone is 14. The van der Waals surface area contributed by atoms with Gasteiger partial charge in [0, 0.05) is 19.4 Å². The maximum absolute atomic E-state index is 12.8. The lowest BCUT2D eigenvalue weighted by Gasteiger charge is -2.18. The Bertz CT molecular complexity index is 1160. The molecule has 0 fully saturated rings. The second-order valence-electron chi connectivity index (χ2n) is 17.0. The zero-order chi connectivity index (χ0) is 44.9. The summed E-state index contributed by atoms with van der Waals surface area (Å²) in [5.74, 6) is -0.435. The summed E-state index contributed by atoms with van der Waals surface area (Å²) in [6.45, 7) is 7.61. The second-order valence-corrected chi connectivity index (χ2v) is 17.0. The predicted molar refractivity (Wildman–Crippen MR) is 270 cm³/mol. The molecular formula is C57H98O5. The molecule has 5 nitrogen and oxygen atoms in total. The van der Waals surface area contributed by atoms with E-state index in [1.807, 2.05) is 0 Å². The molecular weight excluding hydrogens is 765 g/mol. The van der Waals surface area contributed by atoms with Gasteiger partial charge in [-0.1, -0.05) is 196 Å². The SMILES string of the molecule is CC/C=C\C/C=C\C/C=C\CCCCCCOCC(COC(=O)CCCCCCCC/C=C\C/C=C\C/C=C\CCCCC)OC(=O)CCCCCCC/C=C\CCCCCC. The average molecular weight is 863 g/mol. The van der Waals surface area contributed by atoms with Gasteiger partial charge in [-0.15, -0.1) is 0 Å². The molecule has 356 valence electrons. The third kappa shape index (κ3) is 49.7. The number of rotatable bonds is 47. The van der Waals surface area contributed by atoms with Crippen molar-refractivity contribution in [1.29, 1.82) is 0 Å². The van der Waals surface area contributed by atoms with Crippen LogP contribution in [0.25, 0.3) is 0 Å². The number of hydrogen-bond donors (Lipinski definition) is 0. The highest BCUT2D eigenvalue weighted by atomic mass is 16.6. The smallest absolute Gasteiger partial charge is 0.306 e. The van der Waals surface area contributed by atoms with Crippen molar-refractivity contribution in [2.45, 2.75) is 245 Å². The summed E-state index contributed by atoms with van der Waals surface area (Å²) in [6, 6.07) is 0. The highest BCUT2D eigenvalue weighted by Crippen LogP contribution is 2.13. The number of esters is 2. The molecule has 0 aliphatic carbocycles. The Balaban J connectivity index is 4.32. The van der Waals surface area contributed by atoms with Gasteiger partial charge in [0.05, 0.1) is 6.61 Å². The molecule has 62 heavy (non-hydrogen) atoms. The first-order valence-electron chi connectivity index (χ1n) is 26.1. The van der Waals surface area contributed by atoms with Gasteiger partial charge in [0.25, 0.3) is 0 Å². The van der Waals surface area contributed by atoms with Crippen molar-refractivity contribution < 1.29 is 23.8 Å². The maximum atomic E-state index is 12.8. The molecule has 0 aromatic heterocycles. The summed E-state index contributed by atoms with van der Waals surface area (Å²) < 4.78 is 17.4. The predicted octanol–water partition coefficient (Wildman–Crippen LogP) is 17.7. The average Bonchev–Trinajstić information content (AvgIpc) is 3.27. The normalized spacial score (nSPS) is 12.9. The second kappa shape index (κ2) is 52.4. The van der Waals surface area contributed by atoms with Crippen molar-refractivity contribution >= 4 is 11.9 Å². The standard InChI is InChI=1S/C57H98O5/c1-4-7-10-13-16-19-22-25-27-28-29-30-31-33-35-38-41-44-47-50-56(58)61-54-55(53-60-52-49-46-43-40-37-34-26-23-20-17-14-11-8-5-2)62-57(59)51-48-45-42-39-36-32-24-21-18-15-12-9-6-3/h8,11,16-17,19-21,24-27,29-30,34,55H,4-7,9-10,12-15,18,22-23,28,31-33,35-54H2,1-3H3/b11-8-,19-16-,20-17-,24-21-,27-25-,30-29-,34-26-. The van der Waals surface area contributed by atoms with Crippen molar-refractivity contribution in [2.75, 3.05) is 19.8 Å². The van der Waals surface area contributed by atoms with E-state index in [0.29, 0.717) is 19.4 Å². The van der Waals surface area contributed by atoms with Crippen LogP contribution in [-0.4, -0.2) is 37.9 Å². The van der Waals surface area contributed by atoms with Gasteiger partial charge >= 0.3 is 11.9 Å². The summed E-state index contributed by atoms with van der Waals surface area (Å²) in [5.41, 5.74) is 0. The van der Waals surface area contributed by atoms with Crippen LogP contribution in [0.4, 0.5) is 0 Å². The van der Waals surface area contributed by atoms with Crippen LogP contribution >= 0.6 is 0 Å². The maximum Gasteiger partial charge on any atom is 0.306 e. The Hall–Kier alpha value is -2.92. The van der Waals surface area contributed by atoms with Gasteiger partial charge in [-0.25, -0.2) is 0 Å². The summed E-state index contributed by atoms with van der Waals surface area (Å²) in [5, 5.41) is 0. The van der Waals surface area contributed by atoms with Crippen molar-refractivity contribution in [3.8, 4) is 0 Å². The molecule has 1 unspecified atom stereocenters. The largest absolute Gasteiger partial charge is 0.462 e. The first-order chi connectivity index (χ1) is 30.6. The van der Waals surface area contributed by atoms with E-state index in [4.69, 9.17) is 14.2 Å². The Morgan fingerprint density at radius 2 is 0.726 bits per heavy atom.